The van der Waals surface area contributed by atoms with Gasteiger partial charge in [-0.2, -0.15) is 5.10 Å². The number of nitrogens with zero attached hydrogens (tertiary/aromatic N) is 2. The number of aromatic nitrogens is 2. The molecule has 0 aliphatic rings. The van der Waals surface area contributed by atoms with Crippen molar-refractivity contribution in [3.8, 4) is 0 Å². The Morgan fingerprint density at radius 3 is 2.58 bits per heavy atom. The SMILES string of the molecule is CCC(CC)n1ccc(CS(=O)(=O)CCC(=O)O)n1. The van der Waals surface area contributed by atoms with Crippen molar-refractivity contribution >= 4 is 15.8 Å². The second-order valence-corrected chi connectivity index (χ2v) is 6.68. The molecule has 7 heteroatoms. The lowest BCUT2D eigenvalue weighted by Crippen LogP contribution is -2.14. The molecule has 0 aliphatic heterocycles. The van der Waals surface area contributed by atoms with Crippen LogP contribution in [-0.2, 0) is 20.4 Å². The van der Waals surface area contributed by atoms with Crippen LogP contribution in [0.25, 0.3) is 0 Å². The average Bonchev–Trinajstić information content (AvgIpc) is 2.76. The molecule has 19 heavy (non-hydrogen) atoms. The van der Waals surface area contributed by atoms with Gasteiger partial charge in [-0.25, -0.2) is 8.42 Å². The highest BCUT2D eigenvalue weighted by atomic mass is 32.2. The zero-order valence-electron chi connectivity index (χ0n) is 11.2. The monoisotopic (exact) mass is 288 g/mol. The Hall–Kier alpha value is -1.37. The van der Waals surface area contributed by atoms with Crippen molar-refractivity contribution in [3.63, 3.8) is 0 Å². The summed E-state index contributed by atoms with van der Waals surface area (Å²) in [6, 6.07) is 1.95. The molecule has 0 saturated heterocycles. The molecule has 0 aromatic carbocycles. The maximum absolute atomic E-state index is 11.7. The van der Waals surface area contributed by atoms with Gasteiger partial charge in [-0.3, -0.25) is 9.48 Å². The van der Waals surface area contributed by atoms with Crippen molar-refractivity contribution in [3.05, 3.63) is 18.0 Å². The number of rotatable bonds is 8. The van der Waals surface area contributed by atoms with E-state index in [0.29, 0.717) is 5.69 Å². The summed E-state index contributed by atoms with van der Waals surface area (Å²) in [4.78, 5) is 10.4. The fourth-order valence-electron chi connectivity index (χ4n) is 1.86. The van der Waals surface area contributed by atoms with Gasteiger partial charge < -0.3 is 5.11 Å². The number of hydrogen-bond donors (Lipinski definition) is 1. The van der Waals surface area contributed by atoms with E-state index in [4.69, 9.17) is 5.11 Å². The number of carboxylic acid groups (broad SMARTS) is 1. The third kappa shape index (κ3) is 5.02. The Morgan fingerprint density at radius 2 is 2.05 bits per heavy atom. The normalized spacial score (nSPS) is 11.9. The molecule has 1 rings (SSSR count). The third-order valence-electron chi connectivity index (χ3n) is 2.97. The maximum Gasteiger partial charge on any atom is 0.304 e. The third-order valence-corrected chi connectivity index (χ3v) is 4.54. The van der Waals surface area contributed by atoms with Crippen molar-refractivity contribution in [2.24, 2.45) is 0 Å². The molecule has 0 aliphatic carbocycles. The largest absolute Gasteiger partial charge is 0.481 e. The van der Waals surface area contributed by atoms with Crippen molar-refractivity contribution in [2.45, 2.75) is 44.9 Å². The molecular weight excluding hydrogens is 268 g/mol. The Kier molecular flexibility index (Phi) is 5.53. The zero-order valence-corrected chi connectivity index (χ0v) is 12.1. The second kappa shape index (κ2) is 6.70. The Balaban J connectivity index is 2.70. The summed E-state index contributed by atoms with van der Waals surface area (Å²) in [5, 5.41) is 12.8. The lowest BCUT2D eigenvalue weighted by Gasteiger charge is -2.12. The molecule has 0 spiro atoms. The molecule has 0 amide bonds. The van der Waals surface area contributed by atoms with E-state index in [-0.39, 0.29) is 24.0 Å². The number of aliphatic carboxylic acids is 1. The molecular formula is C12H20N2O4S. The summed E-state index contributed by atoms with van der Waals surface area (Å²) in [6.07, 6.45) is 3.28. The van der Waals surface area contributed by atoms with Crippen molar-refractivity contribution < 1.29 is 18.3 Å². The number of hydrogen-bond acceptors (Lipinski definition) is 4. The van der Waals surface area contributed by atoms with Crippen LogP contribution < -0.4 is 0 Å². The molecule has 1 aromatic rings. The van der Waals surface area contributed by atoms with Gasteiger partial charge in [0.25, 0.3) is 0 Å². The smallest absolute Gasteiger partial charge is 0.304 e. The lowest BCUT2D eigenvalue weighted by atomic mass is 10.2. The predicted molar refractivity (Wildman–Crippen MR) is 71.6 cm³/mol. The van der Waals surface area contributed by atoms with E-state index in [1.54, 1.807) is 16.9 Å². The highest BCUT2D eigenvalue weighted by Gasteiger charge is 2.16. The molecule has 0 radical (unpaired) electrons. The summed E-state index contributed by atoms with van der Waals surface area (Å²) >= 11 is 0. The van der Waals surface area contributed by atoms with E-state index in [9.17, 15) is 13.2 Å². The van der Waals surface area contributed by atoms with Gasteiger partial charge in [0, 0.05) is 6.20 Å². The fourth-order valence-corrected chi connectivity index (χ4v) is 3.10. The highest BCUT2D eigenvalue weighted by molar-refractivity contribution is 7.90. The first-order valence-electron chi connectivity index (χ1n) is 6.34. The van der Waals surface area contributed by atoms with Crippen LogP contribution in [0.4, 0.5) is 0 Å². The lowest BCUT2D eigenvalue weighted by molar-refractivity contribution is -0.136. The molecule has 0 fully saturated rings. The van der Waals surface area contributed by atoms with Crippen LogP contribution in [-0.4, -0.2) is 35.0 Å². The van der Waals surface area contributed by atoms with Crippen LogP contribution in [0.3, 0.4) is 0 Å². The van der Waals surface area contributed by atoms with E-state index < -0.39 is 15.8 Å². The zero-order chi connectivity index (χ0) is 14.5. The minimum Gasteiger partial charge on any atom is -0.481 e. The summed E-state index contributed by atoms with van der Waals surface area (Å²) in [5.74, 6) is -1.65. The van der Waals surface area contributed by atoms with Crippen molar-refractivity contribution in [2.75, 3.05) is 5.75 Å². The summed E-state index contributed by atoms with van der Waals surface area (Å²) in [7, 11) is -3.41. The van der Waals surface area contributed by atoms with E-state index in [1.807, 2.05) is 0 Å². The minimum atomic E-state index is -3.41. The molecule has 0 atom stereocenters. The van der Waals surface area contributed by atoms with Crippen LogP contribution in [0.2, 0.25) is 0 Å². The summed E-state index contributed by atoms with van der Waals surface area (Å²) in [5.41, 5.74) is 0.470. The summed E-state index contributed by atoms with van der Waals surface area (Å²) in [6.45, 7) is 4.11. The predicted octanol–water partition coefficient (Wildman–Crippen LogP) is 1.63. The molecule has 1 N–H and O–H groups in total. The van der Waals surface area contributed by atoms with Gasteiger partial charge in [0.2, 0.25) is 0 Å². The first-order chi connectivity index (χ1) is 8.88. The van der Waals surface area contributed by atoms with Crippen molar-refractivity contribution in [1.82, 2.24) is 9.78 Å². The molecule has 0 saturated carbocycles. The van der Waals surface area contributed by atoms with Gasteiger partial charge in [-0.05, 0) is 18.9 Å². The van der Waals surface area contributed by atoms with Crippen LogP contribution in [0.1, 0.15) is 44.8 Å². The van der Waals surface area contributed by atoms with Crippen LogP contribution in [0.15, 0.2) is 12.3 Å². The Labute approximate surface area is 113 Å². The first-order valence-corrected chi connectivity index (χ1v) is 8.16. The van der Waals surface area contributed by atoms with E-state index in [2.05, 4.69) is 18.9 Å². The fraction of sp³-hybridized carbons (Fsp3) is 0.667. The highest BCUT2D eigenvalue weighted by Crippen LogP contribution is 2.15. The molecule has 1 aromatic heterocycles. The minimum absolute atomic E-state index is 0.201. The van der Waals surface area contributed by atoms with Gasteiger partial charge in [-0.1, -0.05) is 13.8 Å². The summed E-state index contributed by atoms with van der Waals surface area (Å²) < 4.78 is 25.2. The molecule has 0 unspecified atom stereocenters. The Morgan fingerprint density at radius 1 is 1.42 bits per heavy atom. The van der Waals surface area contributed by atoms with Gasteiger partial charge in [0.15, 0.2) is 9.84 Å². The maximum atomic E-state index is 11.7. The van der Waals surface area contributed by atoms with E-state index in [1.165, 1.54) is 0 Å². The molecule has 1 heterocycles. The van der Waals surface area contributed by atoms with Crippen LogP contribution in [0.5, 0.6) is 0 Å². The Bertz CT molecular complexity index is 518. The van der Waals surface area contributed by atoms with E-state index in [0.717, 1.165) is 12.8 Å². The molecule has 108 valence electrons. The molecule has 0 bridgehead atoms. The average molecular weight is 288 g/mol. The van der Waals surface area contributed by atoms with Gasteiger partial charge in [-0.15, -0.1) is 0 Å². The first kappa shape index (κ1) is 15.7. The van der Waals surface area contributed by atoms with Gasteiger partial charge in [0.1, 0.15) is 0 Å². The second-order valence-electron chi connectivity index (χ2n) is 4.49. The topological polar surface area (TPSA) is 89.3 Å². The van der Waals surface area contributed by atoms with Crippen LogP contribution in [0, 0.1) is 0 Å². The number of sulfone groups is 1. The standard InChI is InChI=1S/C12H20N2O4S/c1-3-11(4-2)14-7-5-10(13-14)9-19(17,18)8-6-12(15)16/h5,7,11H,3-4,6,8-9H2,1-2H3,(H,15,16). The van der Waals surface area contributed by atoms with Crippen molar-refractivity contribution in [1.29, 1.82) is 0 Å². The number of carbonyl (C=O) groups is 1. The van der Waals surface area contributed by atoms with Gasteiger partial charge >= 0.3 is 5.97 Å². The quantitative estimate of drug-likeness (QED) is 0.785. The van der Waals surface area contributed by atoms with Crippen LogP contribution >= 0.6 is 0 Å². The molecule has 6 nitrogen and oxygen atoms in total. The number of carboxylic acids is 1. The van der Waals surface area contributed by atoms with E-state index >= 15 is 0 Å². The van der Waals surface area contributed by atoms with Gasteiger partial charge in [0.05, 0.1) is 29.7 Å².